The molecule has 1 aliphatic rings. The summed E-state index contributed by atoms with van der Waals surface area (Å²) >= 11 is 0. The third-order valence-electron chi connectivity index (χ3n) is 3.97. The highest BCUT2D eigenvalue weighted by atomic mass is 32.2. The lowest BCUT2D eigenvalue weighted by Gasteiger charge is -2.25. The smallest absolute Gasteiger partial charge is 0.325 e. The van der Waals surface area contributed by atoms with Crippen molar-refractivity contribution in [3.8, 4) is 0 Å². The number of nitrogens with zero attached hydrogens (tertiary/aromatic N) is 1. The van der Waals surface area contributed by atoms with Crippen molar-refractivity contribution in [2.24, 2.45) is 0 Å². The molecule has 0 bridgehead atoms. The molecule has 1 aromatic carbocycles. The highest BCUT2D eigenvalue weighted by Crippen LogP contribution is 2.29. The Bertz CT molecular complexity index is 687. The van der Waals surface area contributed by atoms with E-state index in [2.05, 4.69) is 5.32 Å². The Labute approximate surface area is 138 Å². The van der Waals surface area contributed by atoms with Gasteiger partial charge in [0.15, 0.2) is 9.84 Å². The highest BCUT2D eigenvalue weighted by Gasteiger charge is 2.32. The van der Waals surface area contributed by atoms with Crippen molar-refractivity contribution in [1.82, 2.24) is 4.90 Å². The fourth-order valence-electron chi connectivity index (χ4n) is 2.69. The number of benzene rings is 1. The second-order valence-electron chi connectivity index (χ2n) is 5.74. The number of hydrogen-bond donors (Lipinski definition) is 1. The maximum absolute atomic E-state index is 12.5. The molecule has 1 unspecified atom stereocenters. The number of rotatable bonds is 5. The second-order valence-corrected chi connectivity index (χ2v) is 7.97. The number of amides is 1. The van der Waals surface area contributed by atoms with Crippen LogP contribution in [-0.4, -0.2) is 49.9 Å². The molecule has 24 heavy (non-hydrogen) atoms. The minimum absolute atomic E-state index is 0.00227. The molecular formula is C15H19F3N2O3S. The molecule has 1 aromatic rings. The van der Waals surface area contributed by atoms with E-state index in [-0.39, 0.29) is 35.7 Å². The van der Waals surface area contributed by atoms with Gasteiger partial charge in [0.2, 0.25) is 5.91 Å². The molecule has 1 N–H and O–H groups in total. The van der Waals surface area contributed by atoms with Crippen LogP contribution in [0.25, 0.3) is 0 Å². The Morgan fingerprint density at radius 2 is 1.92 bits per heavy atom. The van der Waals surface area contributed by atoms with E-state index in [1.807, 2.05) is 6.92 Å². The molecule has 0 saturated carbocycles. The summed E-state index contributed by atoms with van der Waals surface area (Å²) in [6.45, 7) is 2.34. The Kier molecular flexibility index (Phi) is 5.54. The molecular weight excluding hydrogens is 345 g/mol. The first kappa shape index (κ1) is 18.7. The number of carbonyl (C=O) groups is 1. The Morgan fingerprint density at radius 1 is 1.29 bits per heavy atom. The number of sulfone groups is 1. The fraction of sp³-hybridized carbons (Fsp3) is 0.533. The molecule has 1 saturated heterocycles. The lowest BCUT2D eigenvalue weighted by molar-refractivity contribution is -0.137. The van der Waals surface area contributed by atoms with Crippen LogP contribution in [-0.2, 0) is 20.8 Å². The minimum Gasteiger partial charge on any atom is -0.325 e. The molecule has 0 aliphatic carbocycles. The number of hydrogen-bond acceptors (Lipinski definition) is 4. The maximum atomic E-state index is 12.5. The molecule has 1 amide bonds. The molecule has 5 nitrogen and oxygen atoms in total. The molecule has 0 aromatic heterocycles. The van der Waals surface area contributed by atoms with Gasteiger partial charge in [0.1, 0.15) is 0 Å². The zero-order valence-corrected chi connectivity index (χ0v) is 14.0. The standard InChI is InChI=1S/C15H19F3N2O3S/c1-2-20(13-7-8-24(22,23)10-13)9-14(21)19-12-5-3-11(4-6-12)15(16,17)18/h3-6,13H,2,7-10H2,1H3,(H,19,21). The van der Waals surface area contributed by atoms with Crippen LogP contribution in [0.4, 0.5) is 18.9 Å². The Morgan fingerprint density at radius 3 is 2.38 bits per heavy atom. The van der Waals surface area contributed by atoms with Gasteiger partial charge in [-0.2, -0.15) is 13.2 Å². The lowest BCUT2D eigenvalue weighted by Crippen LogP contribution is -2.41. The average Bonchev–Trinajstić information content (AvgIpc) is 2.84. The second kappa shape index (κ2) is 7.10. The summed E-state index contributed by atoms with van der Waals surface area (Å²) in [5, 5.41) is 2.53. The summed E-state index contributed by atoms with van der Waals surface area (Å²) in [5.41, 5.74) is -0.519. The Balaban J connectivity index is 1.94. The Hall–Kier alpha value is -1.61. The molecule has 9 heteroatoms. The summed E-state index contributed by atoms with van der Waals surface area (Å²) in [7, 11) is -3.04. The van der Waals surface area contributed by atoms with Crippen molar-refractivity contribution >= 4 is 21.4 Å². The fourth-order valence-corrected chi connectivity index (χ4v) is 4.45. The van der Waals surface area contributed by atoms with Gasteiger partial charge in [-0.3, -0.25) is 9.69 Å². The molecule has 134 valence electrons. The first-order chi connectivity index (χ1) is 11.1. The summed E-state index contributed by atoms with van der Waals surface area (Å²) in [6, 6.07) is 3.99. The van der Waals surface area contributed by atoms with Gasteiger partial charge in [-0.25, -0.2) is 8.42 Å². The number of nitrogens with one attached hydrogen (secondary N) is 1. The van der Waals surface area contributed by atoms with Gasteiger partial charge in [-0.1, -0.05) is 6.92 Å². The van der Waals surface area contributed by atoms with Crippen LogP contribution in [0.5, 0.6) is 0 Å². The molecule has 0 spiro atoms. The van der Waals surface area contributed by atoms with Gasteiger partial charge in [-0.15, -0.1) is 0 Å². The zero-order valence-electron chi connectivity index (χ0n) is 13.1. The van der Waals surface area contributed by atoms with E-state index >= 15 is 0 Å². The first-order valence-electron chi connectivity index (χ1n) is 7.52. The van der Waals surface area contributed by atoms with Crippen LogP contribution in [0.15, 0.2) is 24.3 Å². The summed E-state index contributed by atoms with van der Waals surface area (Å²) in [6.07, 6.45) is -3.93. The zero-order chi connectivity index (χ0) is 18.0. The van der Waals surface area contributed by atoms with E-state index in [0.29, 0.717) is 13.0 Å². The van der Waals surface area contributed by atoms with Crippen LogP contribution in [0.1, 0.15) is 18.9 Å². The molecule has 1 heterocycles. The van der Waals surface area contributed by atoms with Crippen molar-refractivity contribution in [3.63, 3.8) is 0 Å². The number of likely N-dealkylation sites (N-methyl/N-ethyl adjacent to an activating group) is 1. The summed E-state index contributed by atoms with van der Waals surface area (Å²) in [5.74, 6) is -0.232. The van der Waals surface area contributed by atoms with Crippen molar-refractivity contribution in [2.45, 2.75) is 25.6 Å². The van der Waals surface area contributed by atoms with Gasteiger partial charge in [0, 0.05) is 11.7 Å². The summed E-state index contributed by atoms with van der Waals surface area (Å²) < 4.78 is 60.5. The number of carbonyl (C=O) groups excluding carboxylic acids is 1. The molecule has 0 radical (unpaired) electrons. The average molecular weight is 364 g/mol. The molecule has 2 rings (SSSR count). The third kappa shape index (κ3) is 4.94. The SMILES string of the molecule is CCN(CC(=O)Nc1ccc(C(F)(F)F)cc1)C1CCS(=O)(=O)C1. The van der Waals surface area contributed by atoms with Crippen LogP contribution >= 0.6 is 0 Å². The normalized spacial score (nSPS) is 20.3. The van der Waals surface area contributed by atoms with Crippen LogP contribution < -0.4 is 5.32 Å². The van der Waals surface area contributed by atoms with Crippen LogP contribution in [0.3, 0.4) is 0 Å². The van der Waals surface area contributed by atoms with Crippen LogP contribution in [0.2, 0.25) is 0 Å². The van der Waals surface area contributed by atoms with Crippen molar-refractivity contribution in [3.05, 3.63) is 29.8 Å². The van der Waals surface area contributed by atoms with E-state index in [9.17, 15) is 26.4 Å². The van der Waals surface area contributed by atoms with E-state index in [1.165, 1.54) is 12.1 Å². The monoisotopic (exact) mass is 364 g/mol. The quantitative estimate of drug-likeness (QED) is 0.870. The van der Waals surface area contributed by atoms with Gasteiger partial charge in [0.05, 0.1) is 23.6 Å². The maximum Gasteiger partial charge on any atom is 0.416 e. The highest BCUT2D eigenvalue weighted by molar-refractivity contribution is 7.91. The van der Waals surface area contributed by atoms with Crippen molar-refractivity contribution in [1.29, 1.82) is 0 Å². The van der Waals surface area contributed by atoms with E-state index < -0.39 is 21.6 Å². The lowest BCUT2D eigenvalue weighted by atomic mass is 10.2. The summed E-state index contributed by atoms with van der Waals surface area (Å²) in [4.78, 5) is 13.8. The minimum atomic E-state index is -4.42. The van der Waals surface area contributed by atoms with Gasteiger partial charge >= 0.3 is 6.18 Å². The van der Waals surface area contributed by atoms with Gasteiger partial charge in [-0.05, 0) is 37.2 Å². The topological polar surface area (TPSA) is 66.5 Å². The van der Waals surface area contributed by atoms with Gasteiger partial charge < -0.3 is 5.32 Å². The molecule has 1 aliphatic heterocycles. The predicted octanol–water partition coefficient (Wildman–Crippen LogP) is 2.15. The van der Waals surface area contributed by atoms with Crippen molar-refractivity contribution < 1.29 is 26.4 Å². The van der Waals surface area contributed by atoms with Gasteiger partial charge in [0.25, 0.3) is 0 Å². The number of alkyl halides is 3. The predicted molar refractivity (Wildman–Crippen MR) is 84.4 cm³/mol. The van der Waals surface area contributed by atoms with E-state index in [4.69, 9.17) is 0 Å². The molecule has 1 fully saturated rings. The number of halogens is 3. The van der Waals surface area contributed by atoms with E-state index in [1.54, 1.807) is 4.90 Å². The number of anilines is 1. The van der Waals surface area contributed by atoms with Crippen molar-refractivity contribution in [2.75, 3.05) is 29.9 Å². The largest absolute Gasteiger partial charge is 0.416 e. The van der Waals surface area contributed by atoms with Crippen LogP contribution in [0, 0.1) is 0 Å². The third-order valence-corrected chi connectivity index (χ3v) is 5.72. The molecule has 1 atom stereocenters. The first-order valence-corrected chi connectivity index (χ1v) is 9.34. The van der Waals surface area contributed by atoms with E-state index in [0.717, 1.165) is 12.1 Å².